The van der Waals surface area contributed by atoms with E-state index >= 15 is 0 Å². The van der Waals surface area contributed by atoms with E-state index in [2.05, 4.69) is 5.32 Å². The van der Waals surface area contributed by atoms with Crippen LogP contribution in [0.2, 0.25) is 0 Å². The molecular formula is C13H22N2O4. The molecule has 6 nitrogen and oxygen atoms in total. The maximum atomic E-state index is 11.9. The minimum absolute atomic E-state index is 0.0823. The van der Waals surface area contributed by atoms with Crippen LogP contribution >= 0.6 is 0 Å². The summed E-state index contributed by atoms with van der Waals surface area (Å²) in [6.07, 6.45) is 2.38. The molecule has 19 heavy (non-hydrogen) atoms. The summed E-state index contributed by atoms with van der Waals surface area (Å²) in [6.45, 7) is 1.24. The topological polar surface area (TPSA) is 78.9 Å². The Morgan fingerprint density at radius 2 is 2.32 bits per heavy atom. The Kier molecular flexibility index (Phi) is 4.76. The molecule has 2 aliphatic rings. The zero-order valence-corrected chi connectivity index (χ0v) is 11.3. The number of ether oxygens (including phenoxy) is 1. The third kappa shape index (κ3) is 3.91. The van der Waals surface area contributed by atoms with Crippen molar-refractivity contribution >= 4 is 11.8 Å². The zero-order chi connectivity index (χ0) is 13.8. The monoisotopic (exact) mass is 270 g/mol. The first-order chi connectivity index (χ1) is 9.11. The smallest absolute Gasteiger partial charge is 0.225 e. The van der Waals surface area contributed by atoms with Crippen molar-refractivity contribution in [1.29, 1.82) is 0 Å². The molecule has 2 unspecified atom stereocenters. The fourth-order valence-corrected chi connectivity index (χ4v) is 2.43. The summed E-state index contributed by atoms with van der Waals surface area (Å²) in [7, 11) is 1.53. The van der Waals surface area contributed by atoms with E-state index < -0.39 is 6.10 Å². The highest BCUT2D eigenvalue weighted by atomic mass is 16.5. The Labute approximate surface area is 113 Å². The van der Waals surface area contributed by atoms with Gasteiger partial charge >= 0.3 is 0 Å². The minimum Gasteiger partial charge on any atom is -0.391 e. The van der Waals surface area contributed by atoms with E-state index in [0.717, 1.165) is 12.8 Å². The minimum atomic E-state index is -0.557. The van der Waals surface area contributed by atoms with Crippen LogP contribution in [0.1, 0.15) is 25.7 Å². The average Bonchev–Trinajstić information content (AvgIpc) is 3.13. The highest BCUT2D eigenvalue weighted by Crippen LogP contribution is 2.32. The van der Waals surface area contributed by atoms with Gasteiger partial charge in [0.15, 0.2) is 0 Å². The average molecular weight is 270 g/mol. The summed E-state index contributed by atoms with van der Waals surface area (Å²) in [5, 5.41) is 12.2. The number of carbonyl (C=O) groups is 2. The molecule has 0 aromatic heterocycles. The standard InChI is InChI=1S/C13H22N2O4/c1-19-8-11(16)4-5-14-13(18)9-6-12(17)15(7-9)10-2-3-10/h9-11,16H,2-8H2,1H3,(H,14,18). The van der Waals surface area contributed by atoms with Gasteiger partial charge in [0.25, 0.3) is 0 Å². The second-order valence-corrected chi connectivity index (χ2v) is 5.37. The van der Waals surface area contributed by atoms with Crippen molar-refractivity contribution in [3.05, 3.63) is 0 Å². The Morgan fingerprint density at radius 3 is 2.95 bits per heavy atom. The number of aliphatic hydroxyl groups excluding tert-OH is 1. The van der Waals surface area contributed by atoms with Crippen LogP contribution in [0.3, 0.4) is 0 Å². The van der Waals surface area contributed by atoms with Crippen molar-refractivity contribution in [2.75, 3.05) is 26.8 Å². The lowest BCUT2D eigenvalue weighted by Gasteiger charge is -2.15. The molecule has 1 saturated heterocycles. The lowest BCUT2D eigenvalue weighted by atomic mass is 10.1. The highest BCUT2D eigenvalue weighted by Gasteiger charge is 2.41. The maximum Gasteiger partial charge on any atom is 0.225 e. The van der Waals surface area contributed by atoms with Gasteiger partial charge in [0.2, 0.25) is 11.8 Å². The van der Waals surface area contributed by atoms with Crippen molar-refractivity contribution in [3.8, 4) is 0 Å². The van der Waals surface area contributed by atoms with Crippen LogP contribution < -0.4 is 5.32 Å². The van der Waals surface area contributed by atoms with E-state index in [0.29, 0.717) is 32.0 Å². The molecular weight excluding hydrogens is 248 g/mol. The van der Waals surface area contributed by atoms with Gasteiger partial charge < -0.3 is 20.1 Å². The fourth-order valence-electron chi connectivity index (χ4n) is 2.43. The number of rotatable bonds is 7. The first-order valence-electron chi connectivity index (χ1n) is 6.86. The molecule has 2 fully saturated rings. The van der Waals surface area contributed by atoms with Gasteiger partial charge in [-0.05, 0) is 19.3 Å². The van der Waals surface area contributed by atoms with Crippen molar-refractivity contribution in [2.24, 2.45) is 5.92 Å². The normalized spacial score (nSPS) is 24.6. The van der Waals surface area contributed by atoms with Gasteiger partial charge in [-0.2, -0.15) is 0 Å². The summed E-state index contributed by atoms with van der Waals surface area (Å²) >= 11 is 0. The van der Waals surface area contributed by atoms with Crippen LogP contribution in [0.4, 0.5) is 0 Å². The van der Waals surface area contributed by atoms with Gasteiger partial charge in [-0.15, -0.1) is 0 Å². The van der Waals surface area contributed by atoms with E-state index in [4.69, 9.17) is 4.74 Å². The predicted molar refractivity (Wildman–Crippen MR) is 68.4 cm³/mol. The molecule has 0 bridgehead atoms. The number of likely N-dealkylation sites (tertiary alicyclic amines) is 1. The van der Waals surface area contributed by atoms with Gasteiger partial charge in [-0.3, -0.25) is 9.59 Å². The van der Waals surface area contributed by atoms with Crippen LogP contribution in [0.5, 0.6) is 0 Å². The molecule has 1 heterocycles. The molecule has 2 rings (SSSR count). The number of hydrogen-bond acceptors (Lipinski definition) is 4. The highest BCUT2D eigenvalue weighted by molar-refractivity contribution is 5.89. The molecule has 0 radical (unpaired) electrons. The quantitative estimate of drug-likeness (QED) is 0.654. The number of amides is 2. The van der Waals surface area contributed by atoms with Gasteiger partial charge in [-0.1, -0.05) is 0 Å². The van der Waals surface area contributed by atoms with Gasteiger partial charge in [0.1, 0.15) is 0 Å². The fraction of sp³-hybridized carbons (Fsp3) is 0.846. The first-order valence-corrected chi connectivity index (χ1v) is 6.86. The molecule has 1 aliphatic carbocycles. The molecule has 0 aromatic rings. The van der Waals surface area contributed by atoms with Crippen molar-refractivity contribution in [2.45, 2.75) is 37.8 Å². The number of aliphatic hydroxyl groups is 1. The Morgan fingerprint density at radius 1 is 1.58 bits per heavy atom. The third-order valence-corrected chi connectivity index (χ3v) is 3.65. The summed E-state index contributed by atoms with van der Waals surface area (Å²) in [4.78, 5) is 25.5. The molecule has 1 aliphatic heterocycles. The molecule has 6 heteroatoms. The zero-order valence-electron chi connectivity index (χ0n) is 11.3. The number of carbonyl (C=O) groups excluding carboxylic acids is 2. The molecule has 0 aromatic carbocycles. The van der Waals surface area contributed by atoms with E-state index in [-0.39, 0.29) is 24.3 Å². The number of nitrogens with one attached hydrogen (secondary N) is 1. The Hall–Kier alpha value is -1.14. The van der Waals surface area contributed by atoms with Gasteiger partial charge in [0, 0.05) is 32.7 Å². The van der Waals surface area contributed by atoms with Crippen molar-refractivity contribution in [3.63, 3.8) is 0 Å². The van der Waals surface area contributed by atoms with Crippen molar-refractivity contribution < 1.29 is 19.4 Å². The molecule has 0 spiro atoms. The van der Waals surface area contributed by atoms with Gasteiger partial charge in [-0.25, -0.2) is 0 Å². The summed E-state index contributed by atoms with van der Waals surface area (Å²) in [5.41, 5.74) is 0. The number of methoxy groups -OCH3 is 1. The van der Waals surface area contributed by atoms with E-state index in [9.17, 15) is 14.7 Å². The van der Waals surface area contributed by atoms with Crippen LogP contribution in [-0.2, 0) is 14.3 Å². The van der Waals surface area contributed by atoms with E-state index in [1.807, 2.05) is 4.90 Å². The maximum absolute atomic E-state index is 11.9. The van der Waals surface area contributed by atoms with Crippen molar-refractivity contribution in [1.82, 2.24) is 10.2 Å². The lowest BCUT2D eigenvalue weighted by Crippen LogP contribution is -2.35. The lowest BCUT2D eigenvalue weighted by molar-refractivity contribution is -0.129. The van der Waals surface area contributed by atoms with Crippen LogP contribution in [0.25, 0.3) is 0 Å². The largest absolute Gasteiger partial charge is 0.391 e. The van der Waals surface area contributed by atoms with Crippen LogP contribution in [0.15, 0.2) is 0 Å². The number of nitrogens with zero attached hydrogens (tertiary/aromatic N) is 1. The third-order valence-electron chi connectivity index (χ3n) is 3.65. The SMILES string of the molecule is COCC(O)CCNC(=O)C1CC(=O)N(C2CC2)C1. The van der Waals surface area contributed by atoms with E-state index in [1.165, 1.54) is 7.11 Å². The van der Waals surface area contributed by atoms with Crippen LogP contribution in [0, 0.1) is 5.92 Å². The molecule has 108 valence electrons. The second kappa shape index (κ2) is 6.34. The summed E-state index contributed by atoms with van der Waals surface area (Å²) in [5.74, 6) is -0.212. The number of hydrogen-bond donors (Lipinski definition) is 2. The summed E-state index contributed by atoms with van der Waals surface area (Å²) < 4.78 is 4.81. The Balaban J connectivity index is 1.67. The molecule has 2 N–H and O–H groups in total. The summed E-state index contributed by atoms with van der Waals surface area (Å²) in [6, 6.07) is 0.383. The Bertz CT molecular complexity index is 344. The van der Waals surface area contributed by atoms with Gasteiger partial charge in [0.05, 0.1) is 18.6 Å². The van der Waals surface area contributed by atoms with E-state index in [1.54, 1.807) is 0 Å². The second-order valence-electron chi connectivity index (χ2n) is 5.37. The predicted octanol–water partition coefficient (Wildman–Crippen LogP) is -0.489. The molecule has 2 atom stereocenters. The first kappa shape index (κ1) is 14.3. The van der Waals surface area contributed by atoms with Crippen LogP contribution in [-0.4, -0.2) is 60.8 Å². The molecule has 2 amide bonds. The molecule has 1 saturated carbocycles.